The summed E-state index contributed by atoms with van der Waals surface area (Å²) in [4.78, 5) is 22.4. The maximum absolute atomic E-state index is 12.8. The number of aromatic nitrogens is 1. The van der Waals surface area contributed by atoms with Crippen molar-refractivity contribution in [2.24, 2.45) is 5.16 Å². The second-order valence-electron chi connectivity index (χ2n) is 6.71. The normalized spacial score (nSPS) is 18.5. The maximum Gasteiger partial charge on any atom is 0.168 e. The number of nitrogens with zero attached hydrogens (tertiary/aromatic N) is 2. The van der Waals surface area contributed by atoms with Crippen LogP contribution in [0.5, 0.6) is 0 Å². The number of allylic oxidation sites excluding steroid dienone is 2. The summed E-state index contributed by atoms with van der Waals surface area (Å²) in [5, 5.41) is 15.1. The molecule has 0 aliphatic heterocycles. The quantitative estimate of drug-likeness (QED) is 0.424. The van der Waals surface area contributed by atoms with E-state index in [0.29, 0.717) is 35.9 Å². The summed E-state index contributed by atoms with van der Waals surface area (Å²) in [7, 11) is 0. The molecule has 142 valence electrons. The van der Waals surface area contributed by atoms with Crippen LogP contribution < -0.4 is 0 Å². The van der Waals surface area contributed by atoms with Crippen LogP contribution in [0.4, 0.5) is 0 Å². The molecule has 1 aromatic heterocycles. The van der Waals surface area contributed by atoms with Crippen molar-refractivity contribution in [2.75, 3.05) is 6.61 Å². The van der Waals surface area contributed by atoms with E-state index in [2.05, 4.69) is 10.1 Å². The summed E-state index contributed by atoms with van der Waals surface area (Å²) in [6.07, 6.45) is 2.02. The molecule has 5 nitrogen and oxygen atoms in total. The molecule has 6 heteroatoms. The van der Waals surface area contributed by atoms with Crippen LogP contribution in [0.3, 0.4) is 0 Å². The van der Waals surface area contributed by atoms with E-state index in [1.807, 2.05) is 34.6 Å². The van der Waals surface area contributed by atoms with Crippen LogP contribution in [0.15, 0.2) is 16.5 Å². The Labute approximate surface area is 160 Å². The van der Waals surface area contributed by atoms with Crippen LogP contribution in [-0.2, 0) is 9.63 Å². The molecule has 0 bridgehead atoms. The van der Waals surface area contributed by atoms with Crippen molar-refractivity contribution >= 4 is 23.1 Å². The number of carbonyl (C=O) groups is 1. The maximum atomic E-state index is 12.8. The smallest absolute Gasteiger partial charge is 0.168 e. The Balaban J connectivity index is 2.43. The fraction of sp³-hybridized carbons (Fsp3) is 0.550. The number of ketones is 1. The molecular formula is C20H27ClN2O3. The molecular weight excluding hydrogens is 352 g/mol. The van der Waals surface area contributed by atoms with Gasteiger partial charge in [-0.1, -0.05) is 30.1 Å². The van der Waals surface area contributed by atoms with E-state index in [-0.39, 0.29) is 23.9 Å². The Morgan fingerprint density at radius 3 is 2.54 bits per heavy atom. The molecule has 1 unspecified atom stereocenters. The van der Waals surface area contributed by atoms with Crippen molar-refractivity contribution in [2.45, 2.75) is 66.2 Å². The first kappa shape index (κ1) is 20.4. The zero-order chi connectivity index (χ0) is 19.4. The molecule has 0 saturated heterocycles. The molecule has 0 saturated carbocycles. The van der Waals surface area contributed by atoms with Gasteiger partial charge in [0, 0.05) is 24.5 Å². The highest BCUT2D eigenvalue weighted by Crippen LogP contribution is 2.39. The van der Waals surface area contributed by atoms with Gasteiger partial charge in [-0.3, -0.25) is 4.79 Å². The lowest BCUT2D eigenvalue weighted by atomic mass is 9.79. The minimum absolute atomic E-state index is 0.0619. The van der Waals surface area contributed by atoms with Crippen LogP contribution in [0.2, 0.25) is 5.15 Å². The lowest BCUT2D eigenvalue weighted by Gasteiger charge is -2.26. The van der Waals surface area contributed by atoms with Gasteiger partial charge in [0.05, 0.1) is 11.3 Å². The number of aliphatic hydroxyl groups is 1. The summed E-state index contributed by atoms with van der Waals surface area (Å²) in [6, 6.07) is 0. The third-order valence-corrected chi connectivity index (χ3v) is 5.21. The summed E-state index contributed by atoms with van der Waals surface area (Å²) in [6.45, 7) is 10.2. The molecule has 0 radical (unpaired) electrons. The van der Waals surface area contributed by atoms with Crippen molar-refractivity contribution in [3.8, 4) is 0 Å². The number of Topliss-reactive ketones (excluding diaryl/α,β-unsaturated/α-hetero) is 1. The second-order valence-corrected chi connectivity index (χ2v) is 7.07. The van der Waals surface area contributed by atoms with E-state index >= 15 is 0 Å². The molecule has 26 heavy (non-hydrogen) atoms. The molecule has 0 spiro atoms. The number of pyridine rings is 1. The molecule has 0 fully saturated rings. The van der Waals surface area contributed by atoms with Gasteiger partial charge < -0.3 is 9.94 Å². The first-order valence-corrected chi connectivity index (χ1v) is 9.47. The van der Waals surface area contributed by atoms with Gasteiger partial charge >= 0.3 is 0 Å². The van der Waals surface area contributed by atoms with Crippen LogP contribution in [-0.4, -0.2) is 28.2 Å². The molecule has 0 amide bonds. The molecule has 1 aromatic rings. The number of carbonyl (C=O) groups excluding carboxylic acids is 1. The van der Waals surface area contributed by atoms with Crippen molar-refractivity contribution in [3.05, 3.63) is 38.9 Å². The Morgan fingerprint density at radius 1 is 1.27 bits per heavy atom. The zero-order valence-electron chi connectivity index (χ0n) is 16.1. The number of oxime groups is 1. The predicted molar refractivity (Wildman–Crippen MR) is 104 cm³/mol. The average molecular weight is 379 g/mol. The second kappa shape index (κ2) is 8.67. The molecule has 1 aliphatic carbocycles. The number of hydrogen-bond acceptors (Lipinski definition) is 5. The van der Waals surface area contributed by atoms with Crippen molar-refractivity contribution < 1.29 is 14.7 Å². The van der Waals surface area contributed by atoms with Gasteiger partial charge in [-0.15, -0.1) is 0 Å². The Hall–Kier alpha value is -1.88. The highest BCUT2D eigenvalue weighted by atomic mass is 35.5. The topological polar surface area (TPSA) is 71.8 Å². The van der Waals surface area contributed by atoms with Gasteiger partial charge in [-0.25, -0.2) is 4.98 Å². The molecule has 1 aliphatic rings. The summed E-state index contributed by atoms with van der Waals surface area (Å²) < 4.78 is 0. The highest BCUT2D eigenvalue weighted by Gasteiger charge is 2.33. The lowest BCUT2D eigenvalue weighted by Crippen LogP contribution is -2.25. The molecule has 1 atom stereocenters. The van der Waals surface area contributed by atoms with E-state index in [1.54, 1.807) is 0 Å². The molecule has 2 rings (SSSR count). The highest BCUT2D eigenvalue weighted by molar-refractivity contribution is 6.30. The summed E-state index contributed by atoms with van der Waals surface area (Å²) in [5.74, 6) is -0.244. The number of aryl methyl sites for hydroxylation is 1. The third kappa shape index (κ3) is 4.09. The number of rotatable bonds is 6. The summed E-state index contributed by atoms with van der Waals surface area (Å²) in [5.41, 5.74) is 4.67. The molecule has 1 heterocycles. The first-order chi connectivity index (χ1) is 12.3. The molecule has 0 aromatic carbocycles. The van der Waals surface area contributed by atoms with Crippen LogP contribution in [0, 0.1) is 20.8 Å². The zero-order valence-corrected chi connectivity index (χ0v) is 16.9. The summed E-state index contributed by atoms with van der Waals surface area (Å²) >= 11 is 6.39. The van der Waals surface area contributed by atoms with Crippen molar-refractivity contribution in [1.82, 2.24) is 4.98 Å². The Bertz CT molecular complexity index is 769. The third-order valence-electron chi connectivity index (χ3n) is 4.92. The van der Waals surface area contributed by atoms with E-state index in [9.17, 15) is 9.90 Å². The number of hydrogen-bond donors (Lipinski definition) is 1. The van der Waals surface area contributed by atoms with Gasteiger partial charge in [-0.05, 0) is 50.8 Å². The fourth-order valence-electron chi connectivity index (χ4n) is 3.42. The molecule has 1 N–H and O–H groups in total. The Kier molecular flexibility index (Phi) is 6.81. The van der Waals surface area contributed by atoms with Gasteiger partial charge in [0.15, 0.2) is 5.78 Å². The van der Waals surface area contributed by atoms with E-state index < -0.39 is 0 Å². The van der Waals surface area contributed by atoms with Gasteiger partial charge in [0.1, 0.15) is 17.5 Å². The largest absolute Gasteiger partial charge is 0.511 e. The minimum Gasteiger partial charge on any atom is -0.511 e. The van der Waals surface area contributed by atoms with Crippen molar-refractivity contribution in [1.29, 1.82) is 0 Å². The SMILES string of the molecule is CCCC(=NOCC)C1=C(O)CC(c2c(Cl)nc(C)c(C)c2C)CC1=O. The van der Waals surface area contributed by atoms with Crippen LogP contribution in [0.25, 0.3) is 0 Å². The monoisotopic (exact) mass is 378 g/mol. The fourth-order valence-corrected chi connectivity index (χ4v) is 3.84. The van der Waals surface area contributed by atoms with E-state index in [1.165, 1.54) is 0 Å². The first-order valence-electron chi connectivity index (χ1n) is 9.09. The van der Waals surface area contributed by atoms with Crippen molar-refractivity contribution in [3.63, 3.8) is 0 Å². The standard InChI is InChI=1S/C20H27ClN2O3/c1-6-8-15(23-26-7-2)19-16(24)9-14(10-17(19)25)18-12(4)11(3)13(5)22-20(18)21/h14,24H,6-10H2,1-5H3. The van der Waals surface area contributed by atoms with Gasteiger partial charge in [0.2, 0.25) is 0 Å². The Morgan fingerprint density at radius 2 is 1.96 bits per heavy atom. The van der Waals surface area contributed by atoms with Crippen LogP contribution >= 0.6 is 11.6 Å². The van der Waals surface area contributed by atoms with Crippen LogP contribution in [0.1, 0.15) is 67.8 Å². The minimum atomic E-state index is -0.180. The van der Waals surface area contributed by atoms with Gasteiger partial charge in [-0.2, -0.15) is 0 Å². The average Bonchev–Trinajstić information content (AvgIpc) is 2.57. The van der Waals surface area contributed by atoms with E-state index in [4.69, 9.17) is 16.4 Å². The van der Waals surface area contributed by atoms with Gasteiger partial charge in [0.25, 0.3) is 0 Å². The lowest BCUT2D eigenvalue weighted by molar-refractivity contribution is -0.116. The number of aliphatic hydroxyl groups excluding tert-OH is 1. The number of halogens is 1. The van der Waals surface area contributed by atoms with E-state index in [0.717, 1.165) is 28.8 Å². The predicted octanol–water partition coefficient (Wildman–Crippen LogP) is 5.11.